The highest BCUT2D eigenvalue weighted by Crippen LogP contribution is 2.33. The molecule has 0 saturated carbocycles. The maximum Gasteiger partial charge on any atom is 0.343 e. The summed E-state index contributed by atoms with van der Waals surface area (Å²) in [6.45, 7) is 1.70. The molecular formula is C44H42O7. The van der Waals surface area contributed by atoms with E-state index in [4.69, 9.17) is 28.1 Å². The number of benzene rings is 5. The van der Waals surface area contributed by atoms with Gasteiger partial charge >= 0.3 is 5.63 Å². The fourth-order valence-electron chi connectivity index (χ4n) is 6.53. The molecule has 7 rings (SSSR count). The van der Waals surface area contributed by atoms with Crippen LogP contribution in [0.25, 0.3) is 10.8 Å². The molecule has 0 N–H and O–H groups in total. The van der Waals surface area contributed by atoms with E-state index in [1.807, 2.05) is 146 Å². The molecule has 0 aliphatic carbocycles. The first kappa shape index (κ1) is 34.6. The molecule has 0 bridgehead atoms. The van der Waals surface area contributed by atoms with Gasteiger partial charge in [-0.3, -0.25) is 0 Å². The second kappa shape index (κ2) is 17.4. The summed E-state index contributed by atoms with van der Waals surface area (Å²) in [5, 5.41) is 1.35. The van der Waals surface area contributed by atoms with Gasteiger partial charge in [0, 0.05) is 6.42 Å². The van der Waals surface area contributed by atoms with Crippen molar-refractivity contribution in [1.82, 2.24) is 0 Å². The molecule has 0 amide bonds. The number of ether oxygens (including phenoxy) is 5. The van der Waals surface area contributed by atoms with Gasteiger partial charge in [-0.25, -0.2) is 4.79 Å². The number of hydrogen-bond donors (Lipinski definition) is 0. The third-order valence-electron chi connectivity index (χ3n) is 9.10. The van der Waals surface area contributed by atoms with Crippen molar-refractivity contribution in [3.63, 3.8) is 0 Å². The van der Waals surface area contributed by atoms with Crippen LogP contribution in [0.4, 0.5) is 0 Å². The molecule has 7 heteroatoms. The van der Waals surface area contributed by atoms with Gasteiger partial charge in [-0.1, -0.05) is 140 Å². The van der Waals surface area contributed by atoms with Crippen LogP contribution in [-0.2, 0) is 56.5 Å². The Kier molecular flexibility index (Phi) is 11.8. The molecule has 0 radical (unpaired) electrons. The lowest BCUT2D eigenvalue weighted by molar-refractivity contribution is -0.272. The summed E-state index contributed by atoms with van der Waals surface area (Å²) in [7, 11) is 0. The number of hydrogen-bond acceptors (Lipinski definition) is 7. The van der Waals surface area contributed by atoms with E-state index < -0.39 is 30.5 Å². The molecule has 7 nitrogen and oxygen atoms in total. The highest BCUT2D eigenvalue weighted by atomic mass is 16.6. The van der Waals surface area contributed by atoms with Gasteiger partial charge in [-0.2, -0.15) is 0 Å². The summed E-state index contributed by atoms with van der Waals surface area (Å²) in [5.74, 6) is 0.506. The van der Waals surface area contributed by atoms with Gasteiger partial charge in [-0.05, 0) is 39.8 Å². The van der Waals surface area contributed by atoms with Gasteiger partial charge in [0.1, 0.15) is 30.2 Å². The summed E-state index contributed by atoms with van der Waals surface area (Å²) < 4.78 is 39.5. The largest absolute Gasteiger partial charge is 0.427 e. The molecule has 1 aromatic heterocycles. The van der Waals surface area contributed by atoms with Gasteiger partial charge in [0.2, 0.25) is 0 Å². The topological polar surface area (TPSA) is 76.4 Å². The van der Waals surface area contributed by atoms with Crippen molar-refractivity contribution >= 4 is 10.8 Å². The van der Waals surface area contributed by atoms with Gasteiger partial charge in [0.05, 0.1) is 44.5 Å². The molecule has 260 valence electrons. The van der Waals surface area contributed by atoms with Crippen molar-refractivity contribution in [1.29, 1.82) is 0 Å². The smallest absolute Gasteiger partial charge is 0.343 e. The molecule has 1 saturated heterocycles. The van der Waals surface area contributed by atoms with Crippen LogP contribution in [0.5, 0.6) is 0 Å². The maximum atomic E-state index is 13.1. The third-order valence-corrected chi connectivity index (χ3v) is 9.10. The Bertz CT molecular complexity index is 1980. The Labute approximate surface area is 298 Å². The Morgan fingerprint density at radius 1 is 0.490 bits per heavy atom. The summed E-state index contributed by atoms with van der Waals surface area (Å²) in [4.78, 5) is 13.1. The maximum absolute atomic E-state index is 13.1. The minimum absolute atomic E-state index is 0.253. The third kappa shape index (κ3) is 9.27. The van der Waals surface area contributed by atoms with Crippen LogP contribution in [0, 0.1) is 0 Å². The van der Waals surface area contributed by atoms with Crippen LogP contribution >= 0.6 is 0 Å². The summed E-state index contributed by atoms with van der Waals surface area (Å²) in [6, 6.07) is 49.6. The lowest BCUT2D eigenvalue weighted by atomic mass is 9.91. The molecule has 6 aromatic rings. The standard InChI is InChI=1S/C44H42O7/c45-44-38-24-14-13-23-36(38)25-37(50-44)26-39-41(47-28-33-17-7-2-8-18-33)43(49-30-35-21-11-4-12-22-35)42(48-29-34-19-9-3-10-20-34)40(51-39)31-46-27-32-15-5-1-6-16-32/h1-25,39-43H,26-31H2/t39-,40+,41-,42+,43+/m0/s1. The Morgan fingerprint density at radius 3 is 1.49 bits per heavy atom. The Hall–Kier alpha value is -4.89. The zero-order valence-electron chi connectivity index (χ0n) is 28.4. The van der Waals surface area contributed by atoms with Gasteiger partial charge in [0.25, 0.3) is 0 Å². The highest BCUT2D eigenvalue weighted by Gasteiger charge is 2.48. The molecule has 2 heterocycles. The van der Waals surface area contributed by atoms with Crippen LogP contribution in [0.3, 0.4) is 0 Å². The molecule has 0 unspecified atom stereocenters. The molecule has 5 atom stereocenters. The minimum atomic E-state index is -0.586. The Morgan fingerprint density at radius 2 is 0.941 bits per heavy atom. The first-order chi connectivity index (χ1) is 25.2. The summed E-state index contributed by atoms with van der Waals surface area (Å²) >= 11 is 0. The van der Waals surface area contributed by atoms with E-state index in [0.29, 0.717) is 37.6 Å². The molecular weight excluding hydrogens is 640 g/mol. The molecule has 5 aromatic carbocycles. The first-order valence-corrected chi connectivity index (χ1v) is 17.4. The molecule has 51 heavy (non-hydrogen) atoms. The normalized spacial score (nSPS) is 20.4. The quantitative estimate of drug-likeness (QED) is 0.108. The number of fused-ring (bicyclic) bond motifs is 1. The zero-order valence-corrected chi connectivity index (χ0v) is 28.4. The highest BCUT2D eigenvalue weighted by molar-refractivity contribution is 5.81. The van der Waals surface area contributed by atoms with E-state index in [1.165, 1.54) is 0 Å². The lowest BCUT2D eigenvalue weighted by Crippen LogP contribution is -2.61. The van der Waals surface area contributed by atoms with Crippen LogP contribution in [-0.4, -0.2) is 37.1 Å². The van der Waals surface area contributed by atoms with Crippen LogP contribution in [0.2, 0.25) is 0 Å². The van der Waals surface area contributed by atoms with E-state index in [1.54, 1.807) is 6.07 Å². The fraction of sp³-hybridized carbons (Fsp3) is 0.250. The van der Waals surface area contributed by atoms with Gasteiger partial charge < -0.3 is 28.1 Å². The van der Waals surface area contributed by atoms with Crippen molar-refractivity contribution < 1.29 is 28.1 Å². The minimum Gasteiger partial charge on any atom is -0.427 e. The van der Waals surface area contributed by atoms with E-state index >= 15 is 0 Å². The summed E-state index contributed by atoms with van der Waals surface area (Å²) in [5.41, 5.74) is 3.76. The predicted octanol–water partition coefficient (Wildman–Crippen LogP) is 8.08. The molecule has 1 aliphatic rings. The Balaban J connectivity index is 1.24. The average Bonchev–Trinajstić information content (AvgIpc) is 3.18. The second-order valence-electron chi connectivity index (χ2n) is 12.8. The van der Waals surface area contributed by atoms with E-state index in [-0.39, 0.29) is 18.7 Å². The van der Waals surface area contributed by atoms with Crippen molar-refractivity contribution in [3.05, 3.63) is 190 Å². The number of rotatable bonds is 15. The van der Waals surface area contributed by atoms with Crippen LogP contribution in [0.1, 0.15) is 28.0 Å². The zero-order chi connectivity index (χ0) is 34.7. The lowest BCUT2D eigenvalue weighted by Gasteiger charge is -2.46. The van der Waals surface area contributed by atoms with E-state index in [2.05, 4.69) is 0 Å². The predicted molar refractivity (Wildman–Crippen MR) is 196 cm³/mol. The summed E-state index contributed by atoms with van der Waals surface area (Å²) in [6.07, 6.45) is -2.49. The van der Waals surface area contributed by atoms with E-state index in [9.17, 15) is 4.79 Å². The molecule has 0 spiro atoms. The second-order valence-corrected chi connectivity index (χ2v) is 12.8. The van der Waals surface area contributed by atoms with Crippen molar-refractivity contribution in [3.8, 4) is 0 Å². The van der Waals surface area contributed by atoms with Gasteiger partial charge in [-0.15, -0.1) is 0 Å². The molecule has 1 fully saturated rings. The van der Waals surface area contributed by atoms with Crippen LogP contribution in [0.15, 0.2) is 161 Å². The van der Waals surface area contributed by atoms with E-state index in [0.717, 1.165) is 27.6 Å². The van der Waals surface area contributed by atoms with Crippen molar-refractivity contribution in [2.75, 3.05) is 6.61 Å². The monoisotopic (exact) mass is 682 g/mol. The van der Waals surface area contributed by atoms with Crippen molar-refractivity contribution in [2.45, 2.75) is 63.4 Å². The van der Waals surface area contributed by atoms with Crippen LogP contribution < -0.4 is 5.63 Å². The average molecular weight is 683 g/mol. The van der Waals surface area contributed by atoms with Crippen molar-refractivity contribution in [2.24, 2.45) is 0 Å². The van der Waals surface area contributed by atoms with Gasteiger partial charge in [0.15, 0.2) is 0 Å². The first-order valence-electron chi connectivity index (χ1n) is 17.4. The SMILES string of the molecule is O=c1oc(C[C@@H]2O[C@H](COCc3ccccc3)[C@@H](OCc3ccccc3)[C@H](OCc3ccccc3)[C@H]2OCc2ccccc2)cc2ccccc12. The molecule has 1 aliphatic heterocycles. The fourth-order valence-corrected chi connectivity index (χ4v) is 6.53.